The minimum atomic E-state index is -0.952. The number of carbonyl (C=O) groups is 1. The van der Waals surface area contributed by atoms with Gasteiger partial charge in [0.2, 0.25) is 0 Å². The Labute approximate surface area is 97.7 Å². The van der Waals surface area contributed by atoms with Crippen molar-refractivity contribution in [3.63, 3.8) is 0 Å². The Morgan fingerprint density at radius 2 is 2.29 bits per heavy atom. The van der Waals surface area contributed by atoms with E-state index in [0.717, 1.165) is 12.8 Å². The minimum Gasteiger partial charge on any atom is -0.478 e. The van der Waals surface area contributed by atoms with E-state index in [4.69, 9.17) is 9.52 Å². The SMILES string of the molecule is CN(c1nc2cc(C(=O)O)ccc2o1)C1CC1. The predicted molar refractivity (Wildman–Crippen MR) is 62.4 cm³/mol. The van der Waals surface area contributed by atoms with Crippen LogP contribution < -0.4 is 4.90 Å². The standard InChI is InChI=1S/C12H12N2O3/c1-14(8-3-4-8)12-13-9-6-7(11(15)16)2-5-10(9)17-12/h2,5-6,8H,3-4H2,1H3,(H,15,16). The maximum absolute atomic E-state index is 10.8. The molecule has 1 heterocycles. The first kappa shape index (κ1) is 10.1. The first-order valence-corrected chi connectivity index (χ1v) is 5.52. The monoisotopic (exact) mass is 232 g/mol. The van der Waals surface area contributed by atoms with Crippen LogP contribution in [0.25, 0.3) is 11.1 Å². The second kappa shape index (κ2) is 3.48. The van der Waals surface area contributed by atoms with E-state index in [1.807, 2.05) is 11.9 Å². The number of oxazole rings is 1. The number of anilines is 1. The predicted octanol–water partition coefficient (Wildman–Crippen LogP) is 2.12. The zero-order chi connectivity index (χ0) is 12.0. The topological polar surface area (TPSA) is 66.6 Å². The van der Waals surface area contributed by atoms with E-state index in [9.17, 15) is 4.79 Å². The molecule has 1 fully saturated rings. The molecule has 1 aromatic carbocycles. The Hall–Kier alpha value is -2.04. The van der Waals surface area contributed by atoms with Crippen molar-refractivity contribution in [2.75, 3.05) is 11.9 Å². The minimum absolute atomic E-state index is 0.228. The molecule has 0 unspecified atom stereocenters. The van der Waals surface area contributed by atoms with Gasteiger partial charge in [-0.05, 0) is 31.0 Å². The van der Waals surface area contributed by atoms with Gasteiger partial charge in [-0.1, -0.05) is 0 Å². The van der Waals surface area contributed by atoms with Crippen molar-refractivity contribution in [1.29, 1.82) is 0 Å². The van der Waals surface area contributed by atoms with Gasteiger partial charge in [0.15, 0.2) is 5.58 Å². The van der Waals surface area contributed by atoms with Crippen LogP contribution in [-0.2, 0) is 0 Å². The molecule has 2 aromatic rings. The number of rotatable bonds is 3. The summed E-state index contributed by atoms with van der Waals surface area (Å²) in [7, 11) is 1.94. The lowest BCUT2D eigenvalue weighted by Gasteiger charge is -2.11. The number of nitrogens with zero attached hydrogens (tertiary/aromatic N) is 2. The fourth-order valence-corrected chi connectivity index (χ4v) is 1.82. The van der Waals surface area contributed by atoms with Crippen molar-refractivity contribution in [2.24, 2.45) is 0 Å². The number of carboxylic acid groups (broad SMARTS) is 1. The van der Waals surface area contributed by atoms with E-state index in [2.05, 4.69) is 4.98 Å². The smallest absolute Gasteiger partial charge is 0.335 e. The van der Waals surface area contributed by atoms with Crippen LogP contribution >= 0.6 is 0 Å². The molecule has 5 heteroatoms. The van der Waals surface area contributed by atoms with Gasteiger partial charge in [-0.25, -0.2) is 4.79 Å². The number of aromatic nitrogens is 1. The summed E-state index contributed by atoms with van der Waals surface area (Å²) in [6.45, 7) is 0. The molecule has 5 nitrogen and oxygen atoms in total. The van der Waals surface area contributed by atoms with Crippen molar-refractivity contribution in [3.8, 4) is 0 Å². The molecule has 0 amide bonds. The van der Waals surface area contributed by atoms with E-state index < -0.39 is 5.97 Å². The molecule has 1 aliphatic rings. The largest absolute Gasteiger partial charge is 0.478 e. The van der Waals surface area contributed by atoms with E-state index in [1.54, 1.807) is 6.07 Å². The summed E-state index contributed by atoms with van der Waals surface area (Å²) >= 11 is 0. The molecular formula is C12H12N2O3. The summed E-state index contributed by atoms with van der Waals surface area (Å²) in [5.41, 5.74) is 1.44. The number of benzene rings is 1. The lowest BCUT2D eigenvalue weighted by Crippen LogP contribution is -2.19. The summed E-state index contributed by atoms with van der Waals surface area (Å²) in [6.07, 6.45) is 2.32. The number of fused-ring (bicyclic) bond motifs is 1. The Bertz CT molecular complexity index is 586. The number of aromatic carboxylic acids is 1. The van der Waals surface area contributed by atoms with Crippen molar-refractivity contribution >= 4 is 23.1 Å². The van der Waals surface area contributed by atoms with Crippen LogP contribution in [0.5, 0.6) is 0 Å². The zero-order valence-electron chi connectivity index (χ0n) is 9.38. The van der Waals surface area contributed by atoms with Gasteiger partial charge in [0.05, 0.1) is 5.56 Å². The van der Waals surface area contributed by atoms with Crippen LogP contribution in [-0.4, -0.2) is 29.1 Å². The highest BCUT2D eigenvalue weighted by Crippen LogP contribution is 2.31. The summed E-state index contributed by atoms with van der Waals surface area (Å²) in [4.78, 5) is 17.1. The lowest BCUT2D eigenvalue weighted by molar-refractivity contribution is 0.0697. The highest BCUT2D eigenvalue weighted by Gasteiger charge is 2.29. The average molecular weight is 232 g/mol. The van der Waals surface area contributed by atoms with Gasteiger partial charge in [-0.2, -0.15) is 4.98 Å². The third-order valence-electron chi connectivity index (χ3n) is 3.02. The molecule has 0 aliphatic heterocycles. The van der Waals surface area contributed by atoms with Crippen LogP contribution in [0.4, 0.5) is 6.01 Å². The fraction of sp³-hybridized carbons (Fsp3) is 0.333. The van der Waals surface area contributed by atoms with Gasteiger partial charge in [-0.15, -0.1) is 0 Å². The van der Waals surface area contributed by atoms with Crippen molar-refractivity contribution in [1.82, 2.24) is 4.98 Å². The molecule has 1 aromatic heterocycles. The highest BCUT2D eigenvalue weighted by atomic mass is 16.4. The summed E-state index contributed by atoms with van der Waals surface area (Å²) < 4.78 is 5.59. The first-order valence-electron chi connectivity index (χ1n) is 5.52. The van der Waals surface area contributed by atoms with Gasteiger partial charge in [0.1, 0.15) is 5.52 Å². The van der Waals surface area contributed by atoms with Gasteiger partial charge < -0.3 is 14.4 Å². The molecule has 1 saturated carbocycles. The highest BCUT2D eigenvalue weighted by molar-refractivity contribution is 5.92. The van der Waals surface area contributed by atoms with Gasteiger partial charge in [-0.3, -0.25) is 0 Å². The van der Waals surface area contributed by atoms with Crippen LogP contribution in [0.3, 0.4) is 0 Å². The molecule has 0 saturated heterocycles. The molecule has 0 spiro atoms. The van der Waals surface area contributed by atoms with Crippen molar-refractivity contribution in [2.45, 2.75) is 18.9 Å². The summed E-state index contributed by atoms with van der Waals surface area (Å²) in [5, 5.41) is 8.89. The van der Waals surface area contributed by atoms with Crippen LogP contribution in [0.1, 0.15) is 23.2 Å². The molecular weight excluding hydrogens is 220 g/mol. The van der Waals surface area contributed by atoms with E-state index in [-0.39, 0.29) is 5.56 Å². The molecule has 3 rings (SSSR count). The molecule has 1 aliphatic carbocycles. The normalized spacial score (nSPS) is 15.1. The third kappa shape index (κ3) is 1.73. The number of hydrogen-bond donors (Lipinski definition) is 1. The van der Waals surface area contributed by atoms with Crippen molar-refractivity contribution in [3.05, 3.63) is 23.8 Å². The van der Waals surface area contributed by atoms with E-state index in [1.165, 1.54) is 12.1 Å². The zero-order valence-corrected chi connectivity index (χ0v) is 9.38. The Balaban J connectivity index is 2.02. The summed E-state index contributed by atoms with van der Waals surface area (Å²) in [5.74, 6) is -0.952. The van der Waals surface area contributed by atoms with Crippen LogP contribution in [0.15, 0.2) is 22.6 Å². The second-order valence-electron chi connectivity index (χ2n) is 4.33. The molecule has 0 radical (unpaired) electrons. The number of hydrogen-bond acceptors (Lipinski definition) is 4. The molecule has 0 bridgehead atoms. The summed E-state index contributed by atoms with van der Waals surface area (Å²) in [6, 6.07) is 5.78. The molecule has 88 valence electrons. The quantitative estimate of drug-likeness (QED) is 0.878. The van der Waals surface area contributed by atoms with E-state index in [0.29, 0.717) is 23.2 Å². The Kier molecular flexibility index (Phi) is 2.07. The maximum atomic E-state index is 10.8. The van der Waals surface area contributed by atoms with Crippen LogP contribution in [0, 0.1) is 0 Å². The fourth-order valence-electron chi connectivity index (χ4n) is 1.82. The first-order chi connectivity index (χ1) is 8.15. The second-order valence-corrected chi connectivity index (χ2v) is 4.33. The maximum Gasteiger partial charge on any atom is 0.335 e. The number of carboxylic acids is 1. The van der Waals surface area contributed by atoms with Gasteiger partial charge in [0, 0.05) is 13.1 Å². The molecule has 0 atom stereocenters. The lowest BCUT2D eigenvalue weighted by atomic mass is 10.2. The molecule has 1 N–H and O–H groups in total. The van der Waals surface area contributed by atoms with Gasteiger partial charge >= 0.3 is 5.97 Å². The third-order valence-corrected chi connectivity index (χ3v) is 3.02. The molecule has 17 heavy (non-hydrogen) atoms. The Morgan fingerprint density at radius 3 is 2.94 bits per heavy atom. The van der Waals surface area contributed by atoms with E-state index >= 15 is 0 Å². The average Bonchev–Trinajstić information content (AvgIpc) is 3.06. The Morgan fingerprint density at radius 1 is 1.53 bits per heavy atom. The van der Waals surface area contributed by atoms with Gasteiger partial charge in [0.25, 0.3) is 6.01 Å². The van der Waals surface area contributed by atoms with Crippen molar-refractivity contribution < 1.29 is 14.3 Å². The van der Waals surface area contributed by atoms with Crippen LogP contribution in [0.2, 0.25) is 0 Å².